The number of hydrogen-bond acceptors (Lipinski definition) is 3. The molecule has 1 atom stereocenters. The van der Waals surface area contributed by atoms with Crippen LogP contribution in [0.4, 0.5) is 0 Å². The molecule has 68 valence electrons. The van der Waals surface area contributed by atoms with E-state index in [9.17, 15) is 9.90 Å². The molecule has 13 heavy (non-hydrogen) atoms. The molecule has 2 rings (SSSR count). The molecule has 0 spiro atoms. The average molecular weight is 177 g/mol. The summed E-state index contributed by atoms with van der Waals surface area (Å²) in [6, 6.07) is 4.94. The Morgan fingerprint density at radius 1 is 1.54 bits per heavy atom. The van der Waals surface area contributed by atoms with Gasteiger partial charge in [0.2, 0.25) is 0 Å². The molecule has 3 heteroatoms. The Labute approximate surface area is 76.4 Å². The Kier molecular flexibility index (Phi) is 2.02. The maximum absolute atomic E-state index is 10.7. The van der Waals surface area contributed by atoms with E-state index in [2.05, 4.69) is 5.32 Å². The van der Waals surface area contributed by atoms with Crippen molar-refractivity contribution in [3.05, 3.63) is 29.3 Å². The standard InChI is InChI=1S/C10H11NO2/c12-6-10-9-5-8(13)2-1-7(9)3-4-11-10/h1-2,5-6,10-11,13H,3-4H2. The molecule has 1 heterocycles. The third kappa shape index (κ3) is 1.42. The van der Waals surface area contributed by atoms with Gasteiger partial charge in [-0.15, -0.1) is 0 Å². The van der Waals surface area contributed by atoms with Crippen molar-refractivity contribution in [3.8, 4) is 5.75 Å². The molecular formula is C10H11NO2. The van der Waals surface area contributed by atoms with Crippen LogP contribution >= 0.6 is 0 Å². The Hall–Kier alpha value is -1.35. The third-order valence-corrected chi connectivity index (χ3v) is 2.36. The minimum absolute atomic E-state index is 0.217. The second kappa shape index (κ2) is 3.18. The van der Waals surface area contributed by atoms with Gasteiger partial charge in [0, 0.05) is 6.54 Å². The maximum atomic E-state index is 10.7. The number of carbonyl (C=O) groups excluding carboxylic acids is 1. The minimum Gasteiger partial charge on any atom is -0.508 e. The van der Waals surface area contributed by atoms with Crippen molar-refractivity contribution >= 4 is 6.29 Å². The van der Waals surface area contributed by atoms with Gasteiger partial charge in [-0.05, 0) is 29.7 Å². The summed E-state index contributed by atoms with van der Waals surface area (Å²) in [5.41, 5.74) is 2.05. The van der Waals surface area contributed by atoms with Crippen molar-refractivity contribution in [2.45, 2.75) is 12.5 Å². The Morgan fingerprint density at radius 3 is 3.15 bits per heavy atom. The summed E-state index contributed by atoms with van der Waals surface area (Å²) in [4.78, 5) is 10.7. The van der Waals surface area contributed by atoms with Crippen molar-refractivity contribution in [2.24, 2.45) is 0 Å². The first-order valence-electron chi connectivity index (χ1n) is 4.32. The summed E-state index contributed by atoms with van der Waals surface area (Å²) in [6.07, 6.45) is 1.79. The molecule has 1 aromatic rings. The maximum Gasteiger partial charge on any atom is 0.141 e. The quantitative estimate of drug-likeness (QED) is 0.623. The average Bonchev–Trinajstić information content (AvgIpc) is 2.17. The monoisotopic (exact) mass is 177 g/mol. The highest BCUT2D eigenvalue weighted by atomic mass is 16.3. The summed E-state index contributed by atoms with van der Waals surface area (Å²) in [6.45, 7) is 0.821. The van der Waals surface area contributed by atoms with E-state index in [1.807, 2.05) is 6.07 Å². The second-order valence-electron chi connectivity index (χ2n) is 3.20. The van der Waals surface area contributed by atoms with Gasteiger partial charge in [0.25, 0.3) is 0 Å². The van der Waals surface area contributed by atoms with Crippen LogP contribution in [0.1, 0.15) is 17.2 Å². The van der Waals surface area contributed by atoms with Gasteiger partial charge in [-0.25, -0.2) is 0 Å². The van der Waals surface area contributed by atoms with Gasteiger partial charge in [-0.3, -0.25) is 0 Å². The fraction of sp³-hybridized carbons (Fsp3) is 0.300. The molecule has 0 aromatic heterocycles. The highest BCUT2D eigenvalue weighted by Crippen LogP contribution is 2.25. The normalized spacial score (nSPS) is 20.8. The number of carbonyl (C=O) groups is 1. The number of nitrogens with one attached hydrogen (secondary N) is 1. The lowest BCUT2D eigenvalue weighted by atomic mass is 9.95. The Morgan fingerprint density at radius 2 is 2.38 bits per heavy atom. The van der Waals surface area contributed by atoms with Crippen LogP contribution < -0.4 is 5.32 Å². The van der Waals surface area contributed by atoms with Gasteiger partial charge >= 0.3 is 0 Å². The van der Waals surface area contributed by atoms with Crippen molar-refractivity contribution in [1.29, 1.82) is 0 Å². The van der Waals surface area contributed by atoms with E-state index in [-0.39, 0.29) is 11.8 Å². The van der Waals surface area contributed by atoms with E-state index in [1.54, 1.807) is 12.1 Å². The zero-order valence-electron chi connectivity index (χ0n) is 7.16. The molecule has 1 unspecified atom stereocenters. The SMILES string of the molecule is O=CC1NCCc2ccc(O)cc21. The fourth-order valence-corrected chi connectivity index (χ4v) is 1.69. The lowest BCUT2D eigenvalue weighted by Gasteiger charge is -2.22. The number of benzene rings is 1. The van der Waals surface area contributed by atoms with E-state index in [0.717, 1.165) is 30.4 Å². The molecular weight excluding hydrogens is 166 g/mol. The molecule has 3 nitrogen and oxygen atoms in total. The molecule has 0 saturated heterocycles. The number of rotatable bonds is 1. The number of hydrogen-bond donors (Lipinski definition) is 2. The highest BCUT2D eigenvalue weighted by molar-refractivity contribution is 5.64. The highest BCUT2D eigenvalue weighted by Gasteiger charge is 2.18. The number of phenols is 1. The van der Waals surface area contributed by atoms with Gasteiger partial charge in [0.15, 0.2) is 0 Å². The van der Waals surface area contributed by atoms with Crippen LogP contribution in [-0.2, 0) is 11.2 Å². The van der Waals surface area contributed by atoms with Crippen LogP contribution in [-0.4, -0.2) is 17.9 Å². The first-order chi connectivity index (χ1) is 6.31. The number of phenolic OH excluding ortho intramolecular Hbond substituents is 1. The molecule has 0 radical (unpaired) electrons. The lowest BCUT2D eigenvalue weighted by molar-refractivity contribution is -0.109. The van der Waals surface area contributed by atoms with Crippen LogP contribution in [0.25, 0.3) is 0 Å². The molecule has 0 saturated carbocycles. The topological polar surface area (TPSA) is 49.3 Å². The largest absolute Gasteiger partial charge is 0.508 e. The van der Waals surface area contributed by atoms with Crippen LogP contribution in [0, 0.1) is 0 Å². The lowest BCUT2D eigenvalue weighted by Crippen LogP contribution is -2.30. The summed E-state index contributed by atoms with van der Waals surface area (Å²) < 4.78 is 0. The van der Waals surface area contributed by atoms with Crippen molar-refractivity contribution in [3.63, 3.8) is 0 Å². The zero-order valence-corrected chi connectivity index (χ0v) is 7.16. The summed E-state index contributed by atoms with van der Waals surface area (Å²) in [5.74, 6) is 0.217. The van der Waals surface area contributed by atoms with Gasteiger partial charge < -0.3 is 15.2 Å². The van der Waals surface area contributed by atoms with Crippen molar-refractivity contribution in [2.75, 3.05) is 6.54 Å². The Bertz CT molecular complexity index is 336. The fourth-order valence-electron chi connectivity index (χ4n) is 1.69. The van der Waals surface area contributed by atoms with Crippen molar-refractivity contribution in [1.82, 2.24) is 5.32 Å². The molecule has 0 fully saturated rings. The predicted molar refractivity (Wildman–Crippen MR) is 48.6 cm³/mol. The van der Waals surface area contributed by atoms with E-state index < -0.39 is 0 Å². The first-order valence-corrected chi connectivity index (χ1v) is 4.32. The van der Waals surface area contributed by atoms with E-state index in [1.165, 1.54) is 0 Å². The summed E-state index contributed by atoms with van der Waals surface area (Å²) >= 11 is 0. The summed E-state index contributed by atoms with van der Waals surface area (Å²) in [7, 11) is 0. The number of fused-ring (bicyclic) bond motifs is 1. The molecule has 2 N–H and O–H groups in total. The van der Waals surface area contributed by atoms with Gasteiger partial charge in [-0.2, -0.15) is 0 Å². The van der Waals surface area contributed by atoms with E-state index in [0.29, 0.717) is 0 Å². The smallest absolute Gasteiger partial charge is 0.141 e. The van der Waals surface area contributed by atoms with Crippen molar-refractivity contribution < 1.29 is 9.90 Å². The van der Waals surface area contributed by atoms with Crippen LogP contribution in [0.2, 0.25) is 0 Å². The van der Waals surface area contributed by atoms with Crippen LogP contribution in [0.15, 0.2) is 18.2 Å². The number of aromatic hydroxyl groups is 1. The molecule has 0 aliphatic carbocycles. The number of aldehydes is 1. The second-order valence-corrected chi connectivity index (χ2v) is 3.20. The predicted octanol–water partition coefficient (Wildman–Crippen LogP) is 0.778. The van der Waals surface area contributed by atoms with Gasteiger partial charge in [-0.1, -0.05) is 6.07 Å². The van der Waals surface area contributed by atoms with Crippen LogP contribution in [0.3, 0.4) is 0 Å². The molecule has 1 aromatic carbocycles. The Balaban J connectivity index is 2.47. The third-order valence-electron chi connectivity index (χ3n) is 2.36. The van der Waals surface area contributed by atoms with Gasteiger partial charge in [0.05, 0.1) is 6.04 Å². The van der Waals surface area contributed by atoms with E-state index in [4.69, 9.17) is 0 Å². The molecule has 0 amide bonds. The first kappa shape index (κ1) is 8.26. The minimum atomic E-state index is -0.254. The van der Waals surface area contributed by atoms with Crippen LogP contribution in [0.5, 0.6) is 5.75 Å². The van der Waals surface area contributed by atoms with Gasteiger partial charge in [0.1, 0.15) is 12.0 Å². The van der Waals surface area contributed by atoms with E-state index >= 15 is 0 Å². The molecule has 1 aliphatic heterocycles. The summed E-state index contributed by atoms with van der Waals surface area (Å²) in [5, 5.41) is 12.3. The zero-order chi connectivity index (χ0) is 9.26. The molecule has 1 aliphatic rings. The molecule has 0 bridgehead atoms.